The number of amides is 1. The van der Waals surface area contributed by atoms with Gasteiger partial charge in [-0.3, -0.25) is 4.79 Å². The first-order valence-electron chi connectivity index (χ1n) is 12.6. The Hall–Kier alpha value is -2.84. The van der Waals surface area contributed by atoms with Crippen LogP contribution in [0.5, 0.6) is 0 Å². The molecule has 8 nitrogen and oxygen atoms in total. The summed E-state index contributed by atoms with van der Waals surface area (Å²) >= 11 is 0. The summed E-state index contributed by atoms with van der Waals surface area (Å²) < 4.78 is 11.6. The summed E-state index contributed by atoms with van der Waals surface area (Å²) in [5.74, 6) is 1.32. The van der Waals surface area contributed by atoms with E-state index in [4.69, 9.17) is 24.4 Å². The molecule has 0 unspecified atom stereocenters. The van der Waals surface area contributed by atoms with Crippen molar-refractivity contribution in [2.24, 2.45) is 4.99 Å². The van der Waals surface area contributed by atoms with Crippen LogP contribution in [0.3, 0.4) is 0 Å². The number of nitrogens with zero attached hydrogens (tertiary/aromatic N) is 4. The zero-order valence-electron chi connectivity index (χ0n) is 21.6. The number of carbonyl (C=O) groups excluding carboxylic acids is 1. The number of morpholine rings is 1. The summed E-state index contributed by atoms with van der Waals surface area (Å²) in [6, 6.07) is 7.84. The van der Waals surface area contributed by atoms with Gasteiger partial charge in [0.25, 0.3) is 5.91 Å². The van der Waals surface area contributed by atoms with Crippen molar-refractivity contribution < 1.29 is 14.3 Å². The number of hydrogen-bond acceptors (Lipinski definition) is 7. The molecule has 1 aliphatic carbocycles. The van der Waals surface area contributed by atoms with Crippen molar-refractivity contribution in [3.05, 3.63) is 35.5 Å². The first kappa shape index (κ1) is 25.3. The number of aryl methyl sites for hydroxylation is 1. The van der Waals surface area contributed by atoms with Gasteiger partial charge in [0, 0.05) is 42.6 Å². The van der Waals surface area contributed by atoms with Gasteiger partial charge < -0.3 is 19.7 Å². The van der Waals surface area contributed by atoms with Crippen molar-refractivity contribution in [3.63, 3.8) is 0 Å². The van der Waals surface area contributed by atoms with E-state index >= 15 is 0 Å². The van der Waals surface area contributed by atoms with Crippen LogP contribution in [0.25, 0.3) is 11.4 Å². The molecule has 1 N–H and O–H groups in total. The Morgan fingerprint density at radius 3 is 2.69 bits per heavy atom. The minimum atomic E-state index is -0.493. The lowest BCUT2D eigenvalue weighted by Gasteiger charge is -2.30. The summed E-state index contributed by atoms with van der Waals surface area (Å²) in [7, 11) is 0. The van der Waals surface area contributed by atoms with Gasteiger partial charge in [0.2, 0.25) is 0 Å². The summed E-state index contributed by atoms with van der Waals surface area (Å²) in [6.07, 6.45) is 3.06. The lowest BCUT2D eigenvalue weighted by molar-refractivity contribution is 0.0348. The molecule has 0 spiro atoms. The normalized spacial score (nSPS) is 16.9. The highest BCUT2D eigenvalue weighted by Gasteiger charge is 2.26. The molecule has 2 heterocycles. The summed E-state index contributed by atoms with van der Waals surface area (Å²) in [5, 5.41) is 3.05. The molecule has 1 aliphatic heterocycles. The second-order valence-electron chi connectivity index (χ2n) is 9.79. The Kier molecular flexibility index (Phi) is 7.82. The van der Waals surface area contributed by atoms with E-state index in [9.17, 15) is 4.79 Å². The average Bonchev–Trinajstić information content (AvgIpc) is 3.68. The second kappa shape index (κ2) is 10.8. The molecule has 188 valence electrons. The van der Waals surface area contributed by atoms with Gasteiger partial charge >= 0.3 is 0 Å². The number of ether oxygens (including phenoxy) is 2. The number of aliphatic imine (C=N–C) groups is 1. The Morgan fingerprint density at radius 2 is 2.00 bits per heavy atom. The number of benzene rings is 1. The molecule has 35 heavy (non-hydrogen) atoms. The van der Waals surface area contributed by atoms with E-state index in [0.29, 0.717) is 37.3 Å². The summed E-state index contributed by atoms with van der Waals surface area (Å²) in [6.45, 7) is 13.6. The largest absolute Gasteiger partial charge is 0.378 e. The van der Waals surface area contributed by atoms with Crippen LogP contribution in [0.2, 0.25) is 0 Å². The van der Waals surface area contributed by atoms with E-state index in [0.717, 1.165) is 60.8 Å². The van der Waals surface area contributed by atoms with Crippen LogP contribution in [0.1, 0.15) is 63.0 Å². The Labute approximate surface area is 208 Å². The highest BCUT2D eigenvalue weighted by atomic mass is 16.5. The van der Waals surface area contributed by atoms with Crippen molar-refractivity contribution in [1.82, 2.24) is 15.3 Å². The van der Waals surface area contributed by atoms with Crippen LogP contribution in [-0.2, 0) is 9.47 Å². The molecular weight excluding hydrogens is 442 g/mol. The maximum Gasteiger partial charge on any atom is 0.251 e. The third-order valence-corrected chi connectivity index (χ3v) is 6.46. The van der Waals surface area contributed by atoms with Crippen LogP contribution in [0, 0.1) is 6.92 Å². The molecule has 4 rings (SSSR count). The third kappa shape index (κ3) is 6.24. The quantitative estimate of drug-likeness (QED) is 0.534. The molecule has 8 heteroatoms. The topological polar surface area (TPSA) is 88.9 Å². The smallest absolute Gasteiger partial charge is 0.251 e. The van der Waals surface area contributed by atoms with E-state index in [1.165, 1.54) is 0 Å². The van der Waals surface area contributed by atoms with Gasteiger partial charge in [0.1, 0.15) is 11.3 Å². The molecule has 2 fully saturated rings. The SMILES string of the molecule is CCCOC(C)(C)/C(C)=N/c1c(C)nc(-c2cccc(C(=O)NC3CC3)c2)nc1N1CCOCC1. The fourth-order valence-electron chi connectivity index (χ4n) is 3.87. The second-order valence-corrected chi connectivity index (χ2v) is 9.79. The zero-order chi connectivity index (χ0) is 25.0. The molecule has 0 atom stereocenters. The molecular formula is C27H37N5O3. The van der Waals surface area contributed by atoms with Crippen LogP contribution in [-0.4, -0.2) is 66.1 Å². The lowest BCUT2D eigenvalue weighted by Crippen LogP contribution is -2.37. The Morgan fingerprint density at radius 1 is 1.26 bits per heavy atom. The fourth-order valence-corrected chi connectivity index (χ4v) is 3.87. The molecule has 0 radical (unpaired) electrons. The summed E-state index contributed by atoms with van der Waals surface area (Å²) in [5.41, 5.74) is 3.35. The van der Waals surface area contributed by atoms with Gasteiger partial charge in [0.15, 0.2) is 11.6 Å². The highest BCUT2D eigenvalue weighted by Crippen LogP contribution is 2.34. The van der Waals surface area contributed by atoms with Crippen molar-refractivity contribution in [3.8, 4) is 11.4 Å². The summed E-state index contributed by atoms with van der Waals surface area (Å²) in [4.78, 5) is 29.6. The van der Waals surface area contributed by atoms with Gasteiger partial charge in [-0.15, -0.1) is 0 Å². The molecule has 1 saturated carbocycles. The van der Waals surface area contributed by atoms with E-state index in [1.54, 1.807) is 0 Å². The average molecular weight is 480 g/mol. The highest BCUT2D eigenvalue weighted by molar-refractivity contribution is 5.96. The van der Waals surface area contributed by atoms with Crippen LogP contribution in [0.15, 0.2) is 29.3 Å². The fraction of sp³-hybridized carbons (Fsp3) is 0.556. The van der Waals surface area contributed by atoms with Crippen molar-refractivity contribution in [2.45, 2.75) is 65.5 Å². The number of hydrogen-bond donors (Lipinski definition) is 1. The molecule has 0 bridgehead atoms. The number of nitrogens with one attached hydrogen (secondary N) is 1. The van der Waals surface area contributed by atoms with Crippen molar-refractivity contribution in [1.29, 1.82) is 0 Å². The Bertz CT molecular complexity index is 1090. The van der Waals surface area contributed by atoms with Gasteiger partial charge in [0.05, 0.1) is 18.9 Å². The molecule has 2 aromatic rings. The molecule has 1 aromatic carbocycles. The molecule has 1 saturated heterocycles. The first-order valence-corrected chi connectivity index (χ1v) is 12.6. The minimum absolute atomic E-state index is 0.0503. The number of carbonyl (C=O) groups is 1. The zero-order valence-corrected chi connectivity index (χ0v) is 21.6. The molecule has 2 aliphatic rings. The van der Waals surface area contributed by atoms with Gasteiger partial charge in [-0.25, -0.2) is 15.0 Å². The first-order chi connectivity index (χ1) is 16.8. The predicted octanol–water partition coefficient (Wildman–Crippen LogP) is 4.48. The lowest BCUT2D eigenvalue weighted by atomic mass is 10.0. The van der Waals surface area contributed by atoms with Gasteiger partial charge in [-0.2, -0.15) is 0 Å². The van der Waals surface area contributed by atoms with Crippen LogP contribution in [0.4, 0.5) is 11.5 Å². The number of anilines is 1. The number of rotatable bonds is 9. The Balaban J connectivity index is 1.72. The van der Waals surface area contributed by atoms with Crippen LogP contribution < -0.4 is 10.2 Å². The standard InChI is InChI=1S/C27H37N5O3/c1-6-14-35-27(4,5)19(3)29-23-18(2)28-24(31-25(23)32-12-15-34-16-13-32)20-8-7-9-21(17-20)26(33)30-22-10-11-22/h7-9,17,22H,6,10-16H2,1-5H3,(H,30,33)/b29-19+. The molecule has 1 amide bonds. The van der Waals surface area contributed by atoms with E-state index < -0.39 is 5.60 Å². The van der Waals surface area contributed by atoms with Crippen LogP contribution >= 0.6 is 0 Å². The van der Waals surface area contributed by atoms with Gasteiger partial charge in [-0.05, 0) is 59.1 Å². The van der Waals surface area contributed by atoms with E-state index in [-0.39, 0.29) is 5.91 Å². The maximum atomic E-state index is 12.6. The van der Waals surface area contributed by atoms with E-state index in [1.807, 2.05) is 52.0 Å². The van der Waals surface area contributed by atoms with Crippen molar-refractivity contribution >= 4 is 23.1 Å². The predicted molar refractivity (Wildman–Crippen MR) is 139 cm³/mol. The minimum Gasteiger partial charge on any atom is -0.378 e. The molecule has 1 aromatic heterocycles. The number of aromatic nitrogens is 2. The third-order valence-electron chi connectivity index (χ3n) is 6.46. The van der Waals surface area contributed by atoms with E-state index in [2.05, 4.69) is 17.1 Å². The maximum absolute atomic E-state index is 12.6. The van der Waals surface area contributed by atoms with Gasteiger partial charge in [-0.1, -0.05) is 19.1 Å². The monoisotopic (exact) mass is 479 g/mol. The van der Waals surface area contributed by atoms with Crippen molar-refractivity contribution in [2.75, 3.05) is 37.8 Å².